The first-order valence-corrected chi connectivity index (χ1v) is 8.72. The Bertz CT molecular complexity index is 756. The van der Waals surface area contributed by atoms with Gasteiger partial charge in [-0.05, 0) is 49.7 Å². The minimum Gasteiger partial charge on any atom is -0.481 e. The van der Waals surface area contributed by atoms with Crippen LogP contribution < -0.4 is 4.74 Å². The number of halogens is 1. The van der Waals surface area contributed by atoms with Crippen molar-refractivity contribution >= 4 is 5.91 Å². The summed E-state index contributed by atoms with van der Waals surface area (Å²) in [6.45, 7) is -0.0212. The summed E-state index contributed by atoms with van der Waals surface area (Å²) in [7, 11) is 1.85. The van der Waals surface area contributed by atoms with Crippen molar-refractivity contribution < 1.29 is 18.3 Å². The van der Waals surface area contributed by atoms with Crippen LogP contribution in [0.1, 0.15) is 42.1 Å². The van der Waals surface area contributed by atoms with E-state index in [0.717, 1.165) is 0 Å². The molecule has 2 aliphatic carbocycles. The highest BCUT2D eigenvalue weighted by Crippen LogP contribution is 2.47. The van der Waals surface area contributed by atoms with Gasteiger partial charge in [-0.1, -0.05) is 12.1 Å². The molecule has 2 saturated carbocycles. The number of nitrogens with zero attached hydrogens (tertiary/aromatic N) is 2. The van der Waals surface area contributed by atoms with Gasteiger partial charge in [0.15, 0.2) is 23.9 Å². The molecule has 0 atom stereocenters. The zero-order chi connectivity index (χ0) is 17.4. The summed E-state index contributed by atoms with van der Waals surface area (Å²) in [6.07, 6.45) is 6.19. The number of benzene rings is 1. The van der Waals surface area contributed by atoms with Crippen LogP contribution in [0.5, 0.6) is 5.75 Å². The average molecular weight is 344 g/mol. The van der Waals surface area contributed by atoms with Crippen LogP contribution >= 0.6 is 0 Å². The maximum absolute atomic E-state index is 13.5. The Morgan fingerprint density at radius 3 is 2.64 bits per heavy atom. The van der Waals surface area contributed by atoms with Crippen LogP contribution in [0.2, 0.25) is 0 Å². The molecule has 0 bridgehead atoms. The molecule has 0 radical (unpaired) electrons. The van der Waals surface area contributed by atoms with Gasteiger partial charge in [0.05, 0.1) is 0 Å². The number of carbonyl (C=O) groups excluding carboxylic acids is 1. The molecule has 1 aromatic heterocycles. The lowest BCUT2D eigenvalue weighted by molar-refractivity contribution is 0.0684. The molecule has 0 spiro atoms. The van der Waals surface area contributed by atoms with E-state index in [1.807, 2.05) is 11.9 Å². The van der Waals surface area contributed by atoms with Gasteiger partial charge in [-0.15, -0.1) is 0 Å². The molecule has 2 aromatic rings. The Hall–Kier alpha value is -2.37. The second-order valence-electron chi connectivity index (χ2n) is 6.93. The predicted octanol–water partition coefficient (Wildman–Crippen LogP) is 3.65. The van der Waals surface area contributed by atoms with E-state index in [2.05, 4.69) is 4.98 Å². The average Bonchev–Trinajstić information content (AvgIpc) is 3.55. The Morgan fingerprint density at radius 1 is 1.32 bits per heavy atom. The van der Waals surface area contributed by atoms with Crippen LogP contribution in [0.15, 0.2) is 34.9 Å². The monoisotopic (exact) mass is 344 g/mol. The van der Waals surface area contributed by atoms with Crippen molar-refractivity contribution in [2.75, 3.05) is 7.05 Å². The second kappa shape index (κ2) is 6.50. The SMILES string of the molecule is CN(C(=O)c1coc(COc2ccccc2F)n1)C(C1CC1)C1CC1. The molecule has 132 valence electrons. The second-order valence-corrected chi connectivity index (χ2v) is 6.93. The zero-order valence-electron chi connectivity index (χ0n) is 14.2. The normalized spacial score (nSPS) is 16.9. The standard InChI is InChI=1S/C19H21FN2O3/c1-22(18(12-6-7-12)13-8-9-13)19(23)15-10-25-17(21-15)11-24-16-5-3-2-4-14(16)20/h2-5,10,12-13,18H,6-9,11H2,1H3. The van der Waals surface area contributed by atoms with Gasteiger partial charge in [-0.2, -0.15) is 0 Å². The van der Waals surface area contributed by atoms with Crippen LogP contribution in [0.25, 0.3) is 0 Å². The molecule has 4 rings (SSSR count). The maximum Gasteiger partial charge on any atom is 0.275 e. The van der Waals surface area contributed by atoms with E-state index in [-0.39, 0.29) is 29.8 Å². The fourth-order valence-electron chi connectivity index (χ4n) is 3.39. The predicted molar refractivity (Wildman–Crippen MR) is 88.6 cm³/mol. The Morgan fingerprint density at radius 2 is 2.00 bits per heavy atom. The molecule has 0 aliphatic heterocycles. The van der Waals surface area contributed by atoms with Crippen molar-refractivity contribution in [3.05, 3.63) is 47.9 Å². The number of ether oxygens (including phenoxy) is 1. The summed E-state index contributed by atoms with van der Waals surface area (Å²) >= 11 is 0. The minimum absolute atomic E-state index is 0.0212. The molecular weight excluding hydrogens is 323 g/mol. The summed E-state index contributed by atoms with van der Waals surface area (Å²) in [5.41, 5.74) is 0.279. The highest BCUT2D eigenvalue weighted by molar-refractivity contribution is 5.92. The first-order valence-electron chi connectivity index (χ1n) is 8.72. The molecule has 1 heterocycles. The zero-order valence-corrected chi connectivity index (χ0v) is 14.2. The van der Waals surface area contributed by atoms with Crippen molar-refractivity contribution in [3.63, 3.8) is 0 Å². The van der Waals surface area contributed by atoms with Gasteiger partial charge >= 0.3 is 0 Å². The fraction of sp³-hybridized carbons (Fsp3) is 0.474. The van der Waals surface area contributed by atoms with Crippen LogP contribution in [-0.4, -0.2) is 28.9 Å². The van der Waals surface area contributed by atoms with Gasteiger partial charge in [0.2, 0.25) is 5.89 Å². The molecule has 25 heavy (non-hydrogen) atoms. The Labute approximate surface area is 145 Å². The van der Waals surface area contributed by atoms with Gasteiger partial charge in [0, 0.05) is 13.1 Å². The quantitative estimate of drug-likeness (QED) is 0.769. The lowest BCUT2D eigenvalue weighted by Gasteiger charge is -2.27. The van der Waals surface area contributed by atoms with Gasteiger partial charge in [0.25, 0.3) is 5.91 Å². The van der Waals surface area contributed by atoms with E-state index in [4.69, 9.17) is 9.15 Å². The number of oxazole rings is 1. The summed E-state index contributed by atoms with van der Waals surface area (Å²) in [5, 5.41) is 0. The van der Waals surface area contributed by atoms with Crippen LogP contribution in [0.3, 0.4) is 0 Å². The molecule has 0 unspecified atom stereocenters. The first kappa shape index (κ1) is 16.1. The lowest BCUT2D eigenvalue weighted by atomic mass is 10.1. The number of hydrogen-bond donors (Lipinski definition) is 0. The third-order valence-electron chi connectivity index (χ3n) is 4.94. The summed E-state index contributed by atoms with van der Waals surface area (Å²) in [5.74, 6) is 1.10. The third-order valence-corrected chi connectivity index (χ3v) is 4.94. The number of para-hydroxylation sites is 1. The molecule has 2 aliphatic rings. The summed E-state index contributed by atoms with van der Waals surface area (Å²) < 4.78 is 24.2. The largest absolute Gasteiger partial charge is 0.481 e. The molecule has 6 heteroatoms. The van der Waals surface area contributed by atoms with E-state index in [1.165, 1.54) is 44.1 Å². The molecule has 1 amide bonds. The van der Waals surface area contributed by atoms with Crippen LogP contribution in [0, 0.1) is 17.7 Å². The number of hydrogen-bond acceptors (Lipinski definition) is 4. The molecule has 1 aromatic carbocycles. The number of rotatable bonds is 7. The van der Waals surface area contributed by atoms with E-state index < -0.39 is 5.82 Å². The lowest BCUT2D eigenvalue weighted by Crippen LogP contribution is -2.40. The van der Waals surface area contributed by atoms with Gasteiger partial charge < -0.3 is 14.1 Å². The van der Waals surface area contributed by atoms with Crippen LogP contribution in [-0.2, 0) is 6.61 Å². The maximum atomic E-state index is 13.5. The summed E-state index contributed by atoms with van der Waals surface area (Å²) in [6, 6.07) is 6.46. The van der Waals surface area contributed by atoms with E-state index in [9.17, 15) is 9.18 Å². The van der Waals surface area contributed by atoms with Crippen LogP contribution in [0.4, 0.5) is 4.39 Å². The highest BCUT2D eigenvalue weighted by Gasteiger charge is 2.45. The van der Waals surface area contributed by atoms with E-state index in [1.54, 1.807) is 12.1 Å². The smallest absolute Gasteiger partial charge is 0.275 e. The Kier molecular flexibility index (Phi) is 4.19. The number of amides is 1. The van der Waals surface area contributed by atoms with Gasteiger partial charge in [-0.25, -0.2) is 9.37 Å². The number of carbonyl (C=O) groups is 1. The molecular formula is C19H21FN2O3. The van der Waals surface area contributed by atoms with Crippen molar-refractivity contribution in [2.24, 2.45) is 11.8 Å². The summed E-state index contributed by atoms with van der Waals surface area (Å²) in [4.78, 5) is 18.7. The van der Waals surface area contributed by atoms with Crippen molar-refractivity contribution in [1.82, 2.24) is 9.88 Å². The van der Waals surface area contributed by atoms with Gasteiger partial charge in [-0.3, -0.25) is 4.79 Å². The molecule has 0 N–H and O–H groups in total. The Balaban J connectivity index is 1.40. The van der Waals surface area contributed by atoms with E-state index in [0.29, 0.717) is 17.9 Å². The topological polar surface area (TPSA) is 55.6 Å². The first-order chi connectivity index (χ1) is 12.1. The fourth-order valence-corrected chi connectivity index (χ4v) is 3.39. The minimum atomic E-state index is -0.443. The number of aromatic nitrogens is 1. The molecule has 5 nitrogen and oxygen atoms in total. The van der Waals surface area contributed by atoms with Crippen molar-refractivity contribution in [1.29, 1.82) is 0 Å². The van der Waals surface area contributed by atoms with Gasteiger partial charge in [0.1, 0.15) is 6.26 Å². The highest BCUT2D eigenvalue weighted by atomic mass is 19.1. The molecule has 2 fully saturated rings. The third kappa shape index (κ3) is 3.52. The van der Waals surface area contributed by atoms with E-state index >= 15 is 0 Å². The molecule has 0 saturated heterocycles. The van der Waals surface area contributed by atoms with Crippen molar-refractivity contribution in [2.45, 2.75) is 38.3 Å². The van der Waals surface area contributed by atoms with Crippen molar-refractivity contribution in [3.8, 4) is 5.75 Å².